The number of hydrogen-bond donors (Lipinski definition) is 3. The van der Waals surface area contributed by atoms with Gasteiger partial charge in [0.15, 0.2) is 5.65 Å². The molecule has 0 unspecified atom stereocenters. The molecule has 7 heteroatoms. The van der Waals surface area contributed by atoms with E-state index in [1.807, 2.05) is 31.6 Å². The Hall–Kier alpha value is -4.85. The minimum atomic E-state index is 0.681. The van der Waals surface area contributed by atoms with E-state index in [0.29, 0.717) is 5.65 Å². The number of allylic oxidation sites excluding steroid dienone is 1. The van der Waals surface area contributed by atoms with Crippen LogP contribution in [-0.4, -0.2) is 25.1 Å². The van der Waals surface area contributed by atoms with Gasteiger partial charge in [-0.2, -0.15) is 5.10 Å². The lowest BCUT2D eigenvalue weighted by atomic mass is 10.1. The highest BCUT2D eigenvalue weighted by atomic mass is 32.1. The number of aromatic amines is 2. The van der Waals surface area contributed by atoms with Crippen molar-refractivity contribution >= 4 is 38.8 Å². The molecule has 0 aliphatic rings. The third-order valence-corrected chi connectivity index (χ3v) is 8.54. The van der Waals surface area contributed by atoms with Gasteiger partial charge in [0.25, 0.3) is 0 Å². The Morgan fingerprint density at radius 3 is 2.56 bits per heavy atom. The van der Waals surface area contributed by atoms with Crippen LogP contribution < -0.4 is 5.32 Å². The summed E-state index contributed by atoms with van der Waals surface area (Å²) in [7, 11) is 0. The molecule has 0 bridgehead atoms. The van der Waals surface area contributed by atoms with Crippen molar-refractivity contribution in [3.05, 3.63) is 120 Å². The minimum absolute atomic E-state index is 0.681. The van der Waals surface area contributed by atoms with E-state index in [-0.39, 0.29) is 0 Å². The number of pyridine rings is 2. The number of fused-ring (bicyclic) bond motifs is 2. The lowest BCUT2D eigenvalue weighted by molar-refractivity contribution is 0.691. The molecule has 5 aromatic heterocycles. The van der Waals surface area contributed by atoms with E-state index in [4.69, 9.17) is 0 Å². The number of thiophene rings is 1. The summed E-state index contributed by atoms with van der Waals surface area (Å²) in [5.74, 6) is 0. The Balaban J connectivity index is 1.19. The molecule has 7 rings (SSSR count). The van der Waals surface area contributed by atoms with Gasteiger partial charge in [-0.25, -0.2) is 4.98 Å². The first-order valence-corrected chi connectivity index (χ1v) is 14.4. The van der Waals surface area contributed by atoms with Crippen LogP contribution in [-0.2, 0) is 13.1 Å². The summed E-state index contributed by atoms with van der Waals surface area (Å²) in [4.78, 5) is 15.2. The van der Waals surface area contributed by atoms with Crippen LogP contribution in [0.3, 0.4) is 0 Å². The molecular formula is C34H28N6S. The first-order valence-electron chi connectivity index (χ1n) is 13.5. The molecule has 6 nitrogen and oxygen atoms in total. The average molecular weight is 553 g/mol. The Morgan fingerprint density at radius 1 is 0.854 bits per heavy atom. The van der Waals surface area contributed by atoms with Crippen LogP contribution in [0, 0.1) is 0 Å². The fourth-order valence-electron chi connectivity index (χ4n) is 5.17. The zero-order valence-electron chi connectivity index (χ0n) is 22.6. The summed E-state index contributed by atoms with van der Waals surface area (Å²) in [5, 5.41) is 13.4. The van der Waals surface area contributed by atoms with Crippen LogP contribution >= 0.6 is 11.3 Å². The van der Waals surface area contributed by atoms with E-state index < -0.39 is 0 Å². The topological polar surface area (TPSA) is 82.3 Å². The molecule has 0 fully saturated rings. The van der Waals surface area contributed by atoms with Crippen LogP contribution in [0.1, 0.15) is 22.9 Å². The molecule has 0 radical (unpaired) electrons. The van der Waals surface area contributed by atoms with Crippen LogP contribution in [0.25, 0.3) is 60.5 Å². The average Bonchev–Trinajstić information content (AvgIpc) is 3.76. The molecule has 0 amide bonds. The van der Waals surface area contributed by atoms with Gasteiger partial charge in [-0.3, -0.25) is 10.1 Å². The van der Waals surface area contributed by atoms with E-state index in [1.54, 1.807) is 11.3 Å². The quantitative estimate of drug-likeness (QED) is 0.177. The van der Waals surface area contributed by atoms with Crippen molar-refractivity contribution in [3.8, 4) is 33.0 Å². The van der Waals surface area contributed by atoms with Crippen molar-refractivity contribution in [3.63, 3.8) is 0 Å². The zero-order chi connectivity index (χ0) is 27.8. The van der Waals surface area contributed by atoms with Crippen LogP contribution in [0.15, 0.2) is 104 Å². The number of nitrogens with one attached hydrogen (secondary N) is 3. The fourth-order valence-corrected chi connectivity index (χ4v) is 6.14. The molecule has 0 atom stereocenters. The van der Waals surface area contributed by atoms with Gasteiger partial charge >= 0.3 is 0 Å². The molecule has 5 heterocycles. The van der Waals surface area contributed by atoms with Gasteiger partial charge in [-0.15, -0.1) is 11.3 Å². The van der Waals surface area contributed by atoms with Gasteiger partial charge in [-0.1, -0.05) is 49.0 Å². The lowest BCUT2D eigenvalue weighted by Gasteiger charge is -2.07. The van der Waals surface area contributed by atoms with E-state index in [1.165, 1.54) is 26.3 Å². The van der Waals surface area contributed by atoms with Crippen LogP contribution in [0.5, 0.6) is 0 Å². The maximum absolute atomic E-state index is 4.67. The molecule has 0 saturated heterocycles. The first-order chi connectivity index (χ1) is 20.1. The van der Waals surface area contributed by atoms with E-state index in [2.05, 4.69) is 110 Å². The maximum atomic E-state index is 4.67. The summed E-state index contributed by atoms with van der Waals surface area (Å²) < 4.78 is 0. The summed E-state index contributed by atoms with van der Waals surface area (Å²) in [5.41, 5.74) is 10.3. The normalized spacial score (nSPS) is 11.4. The predicted octanol–water partition coefficient (Wildman–Crippen LogP) is 8.22. The van der Waals surface area contributed by atoms with Gasteiger partial charge in [0.1, 0.15) is 0 Å². The molecule has 0 aliphatic carbocycles. The highest BCUT2D eigenvalue weighted by Crippen LogP contribution is 2.38. The molecule has 41 heavy (non-hydrogen) atoms. The van der Waals surface area contributed by atoms with Crippen molar-refractivity contribution < 1.29 is 0 Å². The number of nitrogens with zero attached hydrogens (tertiary/aromatic N) is 3. The van der Waals surface area contributed by atoms with Crippen molar-refractivity contribution in [1.82, 2.24) is 30.5 Å². The highest BCUT2D eigenvalue weighted by molar-refractivity contribution is 7.16. The predicted molar refractivity (Wildman–Crippen MR) is 169 cm³/mol. The number of hydrogen-bond acceptors (Lipinski definition) is 5. The monoisotopic (exact) mass is 552 g/mol. The van der Waals surface area contributed by atoms with E-state index in [0.717, 1.165) is 57.6 Å². The Morgan fingerprint density at radius 2 is 1.71 bits per heavy atom. The molecule has 0 saturated carbocycles. The smallest absolute Gasteiger partial charge is 0.181 e. The summed E-state index contributed by atoms with van der Waals surface area (Å²) in [6.45, 7) is 7.69. The van der Waals surface area contributed by atoms with Gasteiger partial charge in [0.2, 0.25) is 0 Å². The van der Waals surface area contributed by atoms with Gasteiger partial charge in [-0.05, 0) is 60.0 Å². The second-order valence-corrected chi connectivity index (χ2v) is 11.3. The molecule has 0 aliphatic heterocycles. The van der Waals surface area contributed by atoms with Crippen LogP contribution in [0.4, 0.5) is 0 Å². The summed E-state index contributed by atoms with van der Waals surface area (Å²) >= 11 is 1.77. The van der Waals surface area contributed by atoms with E-state index in [9.17, 15) is 0 Å². The summed E-state index contributed by atoms with van der Waals surface area (Å²) in [6.07, 6.45) is 5.66. The number of rotatable bonds is 8. The molecule has 0 spiro atoms. The molecule has 7 aromatic rings. The Labute approximate surface area is 241 Å². The summed E-state index contributed by atoms with van der Waals surface area (Å²) in [6, 6.07) is 27.6. The minimum Gasteiger partial charge on any atom is -0.353 e. The number of benzene rings is 2. The second kappa shape index (κ2) is 10.6. The largest absolute Gasteiger partial charge is 0.353 e. The Bertz CT molecular complexity index is 2010. The maximum Gasteiger partial charge on any atom is 0.181 e. The van der Waals surface area contributed by atoms with Gasteiger partial charge in [0, 0.05) is 74.4 Å². The van der Waals surface area contributed by atoms with E-state index >= 15 is 0 Å². The standard InChI is InChI=1S/C34H28N6S/c1-21(2)31-11-12-32(41-31)26-9-6-10-29-27(26)15-30(38-29)33-28-14-25(20-37-34(28)40-39-33)24-13-23(18-36-19-24)17-35-16-22-7-4-3-5-8-22/h3-15,18-20,35,38H,1,16-17H2,2H3,(H,37,39,40). The van der Waals surface area contributed by atoms with Gasteiger partial charge in [0.05, 0.1) is 11.4 Å². The van der Waals surface area contributed by atoms with Crippen molar-refractivity contribution in [2.75, 3.05) is 0 Å². The first kappa shape index (κ1) is 25.1. The third-order valence-electron chi connectivity index (χ3n) is 7.26. The van der Waals surface area contributed by atoms with Crippen molar-refractivity contribution in [1.29, 1.82) is 0 Å². The number of H-pyrrole nitrogens is 2. The van der Waals surface area contributed by atoms with Gasteiger partial charge < -0.3 is 10.3 Å². The molecule has 3 N–H and O–H groups in total. The molecule has 200 valence electrons. The highest BCUT2D eigenvalue weighted by Gasteiger charge is 2.15. The second-order valence-electron chi connectivity index (χ2n) is 10.3. The number of aromatic nitrogens is 5. The van der Waals surface area contributed by atoms with Crippen LogP contribution in [0.2, 0.25) is 0 Å². The third kappa shape index (κ3) is 4.97. The molecule has 2 aromatic carbocycles. The SMILES string of the molecule is C=C(C)c1ccc(-c2cccc3[nH]c(-c4[nH]nc5ncc(-c6cncc(CNCc7ccccc7)c6)cc45)cc23)s1. The zero-order valence-corrected chi connectivity index (χ0v) is 23.4. The fraction of sp³-hybridized carbons (Fsp3) is 0.0882. The molecular weight excluding hydrogens is 524 g/mol. The van der Waals surface area contributed by atoms with Crippen molar-refractivity contribution in [2.45, 2.75) is 20.0 Å². The Kier molecular flexibility index (Phi) is 6.51. The lowest BCUT2D eigenvalue weighted by Crippen LogP contribution is -2.12. The van der Waals surface area contributed by atoms with Crippen molar-refractivity contribution in [2.24, 2.45) is 0 Å².